The molecule has 2 aromatic carbocycles. The zero-order valence-corrected chi connectivity index (χ0v) is 17.1. The van der Waals surface area contributed by atoms with Crippen LogP contribution >= 0.6 is 0 Å². The molecule has 29 heavy (non-hydrogen) atoms. The number of ether oxygens (including phenoxy) is 2. The molecule has 0 unspecified atom stereocenters. The minimum atomic E-state index is -0.393. The summed E-state index contributed by atoms with van der Waals surface area (Å²) >= 11 is 0. The Bertz CT molecular complexity index is 832. The van der Waals surface area contributed by atoms with Crippen LogP contribution in [0.2, 0.25) is 0 Å². The van der Waals surface area contributed by atoms with Gasteiger partial charge in [-0.3, -0.25) is 4.90 Å². The summed E-state index contributed by atoms with van der Waals surface area (Å²) in [6.07, 6.45) is 5.56. The Hall–Kier alpha value is -2.24. The van der Waals surface area contributed by atoms with Gasteiger partial charge in [-0.1, -0.05) is 31.4 Å². The fourth-order valence-electron chi connectivity index (χ4n) is 4.60. The fraction of sp³-hybridized carbons (Fsp3) is 0.500. The van der Waals surface area contributed by atoms with Gasteiger partial charge < -0.3 is 19.7 Å². The monoisotopic (exact) mass is 397 g/mol. The lowest BCUT2D eigenvalue weighted by molar-refractivity contribution is 0.0847. The number of aliphatic hydroxyl groups is 1. The molecule has 1 atom stereocenters. The molecule has 0 spiro atoms. The maximum Gasteiger partial charge on any atom is 0.160 e. The number of nitrogens with zero attached hydrogens (tertiary/aromatic N) is 1. The molecule has 5 nitrogen and oxygen atoms in total. The van der Waals surface area contributed by atoms with Gasteiger partial charge in [-0.15, -0.1) is 0 Å². The summed E-state index contributed by atoms with van der Waals surface area (Å²) in [5, 5.41) is 21.0. The van der Waals surface area contributed by atoms with Gasteiger partial charge in [0.15, 0.2) is 11.5 Å². The lowest BCUT2D eigenvalue weighted by atomic mass is 9.82. The summed E-state index contributed by atoms with van der Waals surface area (Å²) in [4.78, 5) is 2.31. The number of rotatable bonds is 5. The molecule has 1 heterocycles. The Morgan fingerprint density at radius 2 is 1.97 bits per heavy atom. The van der Waals surface area contributed by atoms with E-state index in [1.54, 1.807) is 19.2 Å². The van der Waals surface area contributed by atoms with E-state index in [0.717, 1.165) is 54.9 Å². The number of fused-ring (bicyclic) bond motifs is 1. The molecule has 0 radical (unpaired) electrons. The van der Waals surface area contributed by atoms with E-state index in [1.807, 2.05) is 18.2 Å². The number of benzene rings is 2. The number of phenolic OH excluding ortho intramolecular Hbond substituents is 1. The van der Waals surface area contributed by atoms with Crippen molar-refractivity contribution >= 4 is 0 Å². The van der Waals surface area contributed by atoms with Crippen molar-refractivity contribution < 1.29 is 19.7 Å². The first-order valence-electron chi connectivity index (χ1n) is 10.7. The van der Waals surface area contributed by atoms with E-state index >= 15 is 0 Å². The van der Waals surface area contributed by atoms with Crippen molar-refractivity contribution in [2.75, 3.05) is 20.3 Å². The summed E-state index contributed by atoms with van der Waals surface area (Å²) in [7, 11) is 1.55. The molecule has 1 saturated carbocycles. The molecule has 0 bridgehead atoms. The molecule has 4 rings (SSSR count). The van der Waals surface area contributed by atoms with E-state index in [1.165, 1.54) is 19.3 Å². The first-order chi connectivity index (χ1) is 14.1. The molecule has 2 aromatic rings. The summed E-state index contributed by atoms with van der Waals surface area (Å²) in [5.41, 5.74) is 3.15. The van der Waals surface area contributed by atoms with E-state index in [-0.39, 0.29) is 5.75 Å². The summed E-state index contributed by atoms with van der Waals surface area (Å²) in [6.45, 7) is 2.91. The van der Waals surface area contributed by atoms with Crippen molar-refractivity contribution in [2.45, 2.75) is 51.3 Å². The number of methoxy groups -OCH3 is 1. The Morgan fingerprint density at radius 3 is 2.72 bits per heavy atom. The normalized spacial score (nSPS) is 19.1. The van der Waals surface area contributed by atoms with Gasteiger partial charge in [-0.25, -0.2) is 0 Å². The van der Waals surface area contributed by atoms with Crippen LogP contribution in [0, 0.1) is 5.92 Å². The van der Waals surface area contributed by atoms with Gasteiger partial charge >= 0.3 is 0 Å². The predicted molar refractivity (Wildman–Crippen MR) is 112 cm³/mol. The molecule has 1 aliphatic heterocycles. The first kappa shape index (κ1) is 20.0. The van der Waals surface area contributed by atoms with Crippen LogP contribution in [0.25, 0.3) is 0 Å². The number of hydrogen-bond donors (Lipinski definition) is 2. The first-order valence-corrected chi connectivity index (χ1v) is 10.7. The van der Waals surface area contributed by atoms with Crippen molar-refractivity contribution in [3.05, 3.63) is 53.1 Å². The van der Waals surface area contributed by atoms with E-state index in [9.17, 15) is 10.2 Å². The molecule has 1 fully saturated rings. The molecule has 0 amide bonds. The van der Waals surface area contributed by atoms with Crippen LogP contribution < -0.4 is 9.47 Å². The van der Waals surface area contributed by atoms with Crippen molar-refractivity contribution in [3.63, 3.8) is 0 Å². The SMILES string of the molecule is COc1ccc(CN2CCOc3ccc([C@@H](O)C4CCCCC4)cc3C2)cc1O. The van der Waals surface area contributed by atoms with Crippen molar-refractivity contribution in [1.29, 1.82) is 0 Å². The Balaban J connectivity index is 1.49. The van der Waals surface area contributed by atoms with Crippen molar-refractivity contribution in [2.24, 2.45) is 5.92 Å². The highest BCUT2D eigenvalue weighted by molar-refractivity contribution is 5.42. The smallest absolute Gasteiger partial charge is 0.160 e. The minimum Gasteiger partial charge on any atom is -0.504 e. The number of aromatic hydroxyl groups is 1. The molecular weight excluding hydrogens is 366 g/mol. The Morgan fingerprint density at radius 1 is 1.14 bits per heavy atom. The maximum atomic E-state index is 10.9. The Kier molecular flexibility index (Phi) is 6.26. The summed E-state index contributed by atoms with van der Waals surface area (Å²) in [6, 6.07) is 11.7. The molecule has 2 aliphatic rings. The standard InChI is InChI=1S/C24H31NO4/c1-28-23-9-7-17(13-21(23)26)15-25-11-12-29-22-10-8-19(14-20(22)16-25)24(27)18-5-3-2-4-6-18/h7-10,13-14,18,24,26-27H,2-6,11-12,15-16H2,1H3/t24-/m0/s1. The molecule has 156 valence electrons. The molecule has 1 aliphatic carbocycles. The molecule has 2 N–H and O–H groups in total. The third kappa shape index (κ3) is 4.68. The highest BCUT2D eigenvalue weighted by atomic mass is 16.5. The van der Waals surface area contributed by atoms with Gasteiger partial charge in [0.25, 0.3) is 0 Å². The second-order valence-electron chi connectivity index (χ2n) is 8.28. The van der Waals surface area contributed by atoms with Gasteiger partial charge in [0.2, 0.25) is 0 Å². The fourth-order valence-corrected chi connectivity index (χ4v) is 4.60. The van der Waals surface area contributed by atoms with Gasteiger partial charge in [0.05, 0.1) is 13.2 Å². The van der Waals surface area contributed by atoms with Gasteiger partial charge in [-0.05, 0) is 54.2 Å². The highest BCUT2D eigenvalue weighted by Crippen LogP contribution is 2.36. The second kappa shape index (κ2) is 9.06. The number of phenols is 1. The van der Waals surface area contributed by atoms with Crippen LogP contribution in [0.15, 0.2) is 36.4 Å². The third-order valence-electron chi connectivity index (χ3n) is 6.23. The largest absolute Gasteiger partial charge is 0.504 e. The van der Waals surface area contributed by atoms with Crippen LogP contribution in [-0.2, 0) is 13.1 Å². The lowest BCUT2D eigenvalue weighted by Crippen LogP contribution is -2.25. The zero-order valence-electron chi connectivity index (χ0n) is 17.1. The van der Waals surface area contributed by atoms with E-state index in [0.29, 0.717) is 18.3 Å². The summed E-state index contributed by atoms with van der Waals surface area (Å²) < 4.78 is 11.1. The van der Waals surface area contributed by atoms with Crippen LogP contribution in [0.4, 0.5) is 0 Å². The summed E-state index contributed by atoms with van der Waals surface area (Å²) in [5.74, 6) is 1.92. The zero-order chi connectivity index (χ0) is 20.2. The van der Waals surface area contributed by atoms with Crippen LogP contribution in [0.5, 0.6) is 17.2 Å². The molecule has 5 heteroatoms. The average Bonchev–Trinajstić information content (AvgIpc) is 2.95. The number of aliphatic hydroxyl groups excluding tert-OH is 1. The quantitative estimate of drug-likeness (QED) is 0.783. The minimum absolute atomic E-state index is 0.161. The van der Waals surface area contributed by atoms with Crippen LogP contribution in [0.3, 0.4) is 0 Å². The van der Waals surface area contributed by atoms with E-state index < -0.39 is 6.10 Å². The van der Waals surface area contributed by atoms with E-state index in [2.05, 4.69) is 11.0 Å². The van der Waals surface area contributed by atoms with Gasteiger partial charge in [0, 0.05) is 25.2 Å². The van der Waals surface area contributed by atoms with E-state index in [4.69, 9.17) is 9.47 Å². The van der Waals surface area contributed by atoms with Crippen molar-refractivity contribution in [3.8, 4) is 17.2 Å². The average molecular weight is 398 g/mol. The predicted octanol–water partition coefficient (Wildman–Crippen LogP) is 4.41. The van der Waals surface area contributed by atoms with Crippen LogP contribution in [-0.4, -0.2) is 35.4 Å². The highest BCUT2D eigenvalue weighted by Gasteiger charge is 2.25. The van der Waals surface area contributed by atoms with Gasteiger partial charge in [-0.2, -0.15) is 0 Å². The van der Waals surface area contributed by atoms with Crippen molar-refractivity contribution in [1.82, 2.24) is 4.90 Å². The number of hydrogen-bond acceptors (Lipinski definition) is 5. The lowest BCUT2D eigenvalue weighted by Gasteiger charge is -2.27. The Labute approximate surface area is 172 Å². The van der Waals surface area contributed by atoms with Crippen LogP contribution in [0.1, 0.15) is 54.9 Å². The van der Waals surface area contributed by atoms with Gasteiger partial charge in [0.1, 0.15) is 12.4 Å². The second-order valence-corrected chi connectivity index (χ2v) is 8.28. The molecule has 0 aromatic heterocycles. The third-order valence-corrected chi connectivity index (χ3v) is 6.23. The maximum absolute atomic E-state index is 10.9. The molecular formula is C24H31NO4. The molecule has 0 saturated heterocycles. The topological polar surface area (TPSA) is 62.2 Å².